The molecule has 1 amide bonds. The summed E-state index contributed by atoms with van der Waals surface area (Å²) in [5.74, 6) is 0.688. The Morgan fingerprint density at radius 1 is 1.25 bits per heavy atom. The topological polar surface area (TPSA) is 87.8 Å². The lowest BCUT2D eigenvalue weighted by molar-refractivity contribution is 0.102. The lowest BCUT2D eigenvalue weighted by atomic mass is 10.1. The SMILES string of the molecule is O=C(Nc1ccc2oc(N3CCCC(O)C3)nc2c1)c1ccc2c(c1)CCO2. The van der Waals surface area contributed by atoms with Crippen molar-refractivity contribution in [1.82, 2.24) is 4.98 Å². The van der Waals surface area contributed by atoms with Gasteiger partial charge in [0.1, 0.15) is 11.3 Å². The molecule has 7 heteroatoms. The van der Waals surface area contributed by atoms with Crippen LogP contribution in [0.5, 0.6) is 5.75 Å². The van der Waals surface area contributed by atoms with Gasteiger partial charge in [-0.05, 0) is 54.8 Å². The Bertz CT molecular complexity index is 1050. The molecule has 2 aromatic carbocycles. The third kappa shape index (κ3) is 3.18. The van der Waals surface area contributed by atoms with Crippen LogP contribution >= 0.6 is 0 Å². The van der Waals surface area contributed by atoms with Crippen molar-refractivity contribution in [3.05, 3.63) is 47.5 Å². The van der Waals surface area contributed by atoms with Gasteiger partial charge in [-0.3, -0.25) is 4.79 Å². The third-order valence-corrected chi connectivity index (χ3v) is 5.25. The number of aliphatic hydroxyl groups is 1. The van der Waals surface area contributed by atoms with Gasteiger partial charge in [0.2, 0.25) is 0 Å². The van der Waals surface area contributed by atoms with Gasteiger partial charge in [0.15, 0.2) is 5.58 Å². The van der Waals surface area contributed by atoms with E-state index in [4.69, 9.17) is 9.15 Å². The molecule has 3 aromatic rings. The maximum absolute atomic E-state index is 12.6. The van der Waals surface area contributed by atoms with Gasteiger partial charge < -0.3 is 24.5 Å². The standard InChI is InChI=1S/C21H21N3O4/c25-16-2-1-8-24(12-16)21-23-17-11-15(4-6-19(17)28-21)22-20(26)14-3-5-18-13(10-14)7-9-27-18/h3-6,10-11,16,25H,1-2,7-9,12H2,(H,22,26). The van der Waals surface area contributed by atoms with Gasteiger partial charge in [-0.25, -0.2) is 0 Å². The van der Waals surface area contributed by atoms with E-state index in [0.717, 1.165) is 37.1 Å². The molecule has 2 aliphatic rings. The normalized spacial score (nSPS) is 18.8. The Morgan fingerprint density at radius 2 is 2.18 bits per heavy atom. The van der Waals surface area contributed by atoms with Crippen molar-refractivity contribution in [1.29, 1.82) is 0 Å². The minimum Gasteiger partial charge on any atom is -0.493 e. The van der Waals surface area contributed by atoms with Crippen molar-refractivity contribution in [2.75, 3.05) is 29.9 Å². The van der Waals surface area contributed by atoms with E-state index in [2.05, 4.69) is 10.3 Å². The molecule has 3 heterocycles. The van der Waals surface area contributed by atoms with Gasteiger partial charge in [0.25, 0.3) is 11.9 Å². The minimum absolute atomic E-state index is 0.170. The van der Waals surface area contributed by atoms with E-state index in [0.29, 0.717) is 41.5 Å². The van der Waals surface area contributed by atoms with Crippen molar-refractivity contribution in [2.24, 2.45) is 0 Å². The van der Waals surface area contributed by atoms with Crippen LogP contribution in [0.1, 0.15) is 28.8 Å². The minimum atomic E-state index is -0.351. The van der Waals surface area contributed by atoms with E-state index in [1.54, 1.807) is 24.3 Å². The quantitative estimate of drug-likeness (QED) is 0.727. The Labute approximate surface area is 161 Å². The first-order valence-electron chi connectivity index (χ1n) is 9.56. The largest absolute Gasteiger partial charge is 0.493 e. The molecular formula is C21H21N3O4. The molecule has 144 valence electrons. The number of carbonyl (C=O) groups excluding carboxylic acids is 1. The summed E-state index contributed by atoms with van der Waals surface area (Å²) in [5.41, 5.74) is 3.66. The molecule has 0 aliphatic carbocycles. The summed E-state index contributed by atoms with van der Waals surface area (Å²) < 4.78 is 11.3. The Hall–Kier alpha value is -3.06. The van der Waals surface area contributed by atoms with Crippen LogP contribution in [0.25, 0.3) is 11.1 Å². The zero-order valence-corrected chi connectivity index (χ0v) is 15.4. The number of anilines is 2. The van der Waals surface area contributed by atoms with E-state index in [9.17, 15) is 9.90 Å². The van der Waals surface area contributed by atoms with Crippen LogP contribution in [0.3, 0.4) is 0 Å². The first-order valence-corrected chi connectivity index (χ1v) is 9.56. The number of ether oxygens (including phenoxy) is 1. The highest BCUT2D eigenvalue weighted by atomic mass is 16.5. The van der Waals surface area contributed by atoms with Crippen LogP contribution in [-0.2, 0) is 6.42 Å². The first kappa shape index (κ1) is 17.1. The molecule has 0 bridgehead atoms. The summed E-state index contributed by atoms with van der Waals surface area (Å²) in [5, 5.41) is 12.8. The summed E-state index contributed by atoms with van der Waals surface area (Å²) in [7, 11) is 0. The van der Waals surface area contributed by atoms with Crippen LogP contribution in [0.2, 0.25) is 0 Å². The van der Waals surface area contributed by atoms with E-state index < -0.39 is 0 Å². The number of aromatic nitrogens is 1. The second-order valence-corrected chi connectivity index (χ2v) is 7.30. The third-order valence-electron chi connectivity index (χ3n) is 5.25. The molecule has 1 fully saturated rings. The number of rotatable bonds is 3. The predicted molar refractivity (Wildman–Crippen MR) is 105 cm³/mol. The van der Waals surface area contributed by atoms with E-state index in [1.807, 2.05) is 17.0 Å². The molecule has 0 saturated carbocycles. The van der Waals surface area contributed by atoms with Gasteiger partial charge in [0, 0.05) is 30.8 Å². The molecule has 28 heavy (non-hydrogen) atoms. The summed E-state index contributed by atoms with van der Waals surface area (Å²) >= 11 is 0. The summed E-state index contributed by atoms with van der Waals surface area (Å²) in [6, 6.07) is 11.4. The van der Waals surface area contributed by atoms with Crippen molar-refractivity contribution < 1.29 is 19.1 Å². The number of hydrogen-bond donors (Lipinski definition) is 2. The van der Waals surface area contributed by atoms with E-state index in [-0.39, 0.29) is 12.0 Å². The second-order valence-electron chi connectivity index (χ2n) is 7.30. The van der Waals surface area contributed by atoms with Gasteiger partial charge in [0.05, 0.1) is 12.7 Å². The molecule has 1 atom stereocenters. The number of fused-ring (bicyclic) bond motifs is 2. The molecule has 5 rings (SSSR count). The van der Waals surface area contributed by atoms with Crippen LogP contribution in [0.4, 0.5) is 11.7 Å². The monoisotopic (exact) mass is 379 g/mol. The summed E-state index contributed by atoms with van der Waals surface area (Å²) in [6.45, 7) is 2.01. The van der Waals surface area contributed by atoms with Crippen LogP contribution in [-0.4, -0.2) is 41.8 Å². The molecule has 2 N–H and O–H groups in total. The van der Waals surface area contributed by atoms with E-state index >= 15 is 0 Å². The van der Waals surface area contributed by atoms with Crippen LogP contribution in [0.15, 0.2) is 40.8 Å². The molecular weight excluding hydrogens is 358 g/mol. The number of piperidine rings is 1. The number of oxazole rings is 1. The second kappa shape index (κ2) is 6.83. The van der Waals surface area contributed by atoms with Gasteiger partial charge in [-0.1, -0.05) is 0 Å². The number of benzene rings is 2. The zero-order valence-electron chi connectivity index (χ0n) is 15.4. The van der Waals surface area contributed by atoms with E-state index in [1.165, 1.54) is 0 Å². The number of hydrogen-bond acceptors (Lipinski definition) is 6. The van der Waals surface area contributed by atoms with Crippen molar-refractivity contribution in [3.63, 3.8) is 0 Å². The number of nitrogens with one attached hydrogen (secondary N) is 1. The fraction of sp³-hybridized carbons (Fsp3) is 0.333. The number of carbonyl (C=O) groups is 1. The molecule has 0 spiro atoms. The number of amides is 1. The highest BCUT2D eigenvalue weighted by molar-refractivity contribution is 6.05. The van der Waals surface area contributed by atoms with Gasteiger partial charge in [-0.2, -0.15) is 4.98 Å². The number of nitrogens with zero attached hydrogens (tertiary/aromatic N) is 2. The smallest absolute Gasteiger partial charge is 0.298 e. The van der Waals surface area contributed by atoms with Gasteiger partial charge in [-0.15, -0.1) is 0 Å². The lowest BCUT2D eigenvalue weighted by Gasteiger charge is -2.28. The fourth-order valence-electron chi connectivity index (χ4n) is 3.79. The fourth-order valence-corrected chi connectivity index (χ4v) is 3.79. The predicted octanol–water partition coefficient (Wildman–Crippen LogP) is 2.98. The molecule has 1 unspecified atom stereocenters. The maximum Gasteiger partial charge on any atom is 0.298 e. The Kier molecular flexibility index (Phi) is 4.16. The van der Waals surface area contributed by atoms with Crippen LogP contribution in [0, 0.1) is 0 Å². The molecule has 1 aromatic heterocycles. The number of β-amino-alcohol motifs (C(OH)–C–C–N with tert-alkyl or cyclic N) is 1. The highest BCUT2D eigenvalue weighted by Crippen LogP contribution is 2.28. The van der Waals surface area contributed by atoms with Gasteiger partial charge >= 0.3 is 0 Å². The Balaban J connectivity index is 1.35. The Morgan fingerprint density at radius 3 is 3.07 bits per heavy atom. The molecule has 1 saturated heterocycles. The number of aliphatic hydroxyl groups excluding tert-OH is 1. The molecule has 0 radical (unpaired) electrons. The zero-order chi connectivity index (χ0) is 19.1. The summed E-state index contributed by atoms with van der Waals surface area (Å²) in [4.78, 5) is 19.1. The maximum atomic E-state index is 12.6. The first-order chi connectivity index (χ1) is 13.7. The van der Waals surface area contributed by atoms with Crippen molar-refractivity contribution >= 4 is 28.7 Å². The lowest BCUT2D eigenvalue weighted by Crippen LogP contribution is -2.38. The van der Waals surface area contributed by atoms with Crippen molar-refractivity contribution in [3.8, 4) is 5.75 Å². The summed E-state index contributed by atoms with van der Waals surface area (Å²) in [6.07, 6.45) is 2.20. The average molecular weight is 379 g/mol. The molecule has 7 nitrogen and oxygen atoms in total. The van der Waals surface area contributed by atoms with Crippen molar-refractivity contribution in [2.45, 2.75) is 25.4 Å². The highest BCUT2D eigenvalue weighted by Gasteiger charge is 2.22. The van der Waals surface area contributed by atoms with Crippen LogP contribution < -0.4 is 15.0 Å². The molecule has 2 aliphatic heterocycles. The average Bonchev–Trinajstić information content (AvgIpc) is 3.33.